The smallest absolute Gasteiger partial charge is 0.150 e. The fraction of sp³-hybridized carbons (Fsp3) is 0.125. The maximum Gasteiger partial charge on any atom is 0.150 e. The average Bonchev–Trinajstić information content (AvgIpc) is 2.16. The van der Waals surface area contributed by atoms with Gasteiger partial charge in [0, 0.05) is 5.56 Å². The molecule has 0 saturated heterocycles. The van der Waals surface area contributed by atoms with Crippen molar-refractivity contribution in [2.24, 2.45) is 5.18 Å². The van der Waals surface area contributed by atoms with Crippen molar-refractivity contribution in [2.75, 3.05) is 7.11 Å². The minimum Gasteiger partial charge on any atom is -0.494 e. The Labute approximate surface area is 69.1 Å². The van der Waals surface area contributed by atoms with Gasteiger partial charge in [-0.1, -0.05) is 0 Å². The highest BCUT2D eigenvalue weighted by Gasteiger charge is 2.03. The van der Waals surface area contributed by atoms with Gasteiger partial charge in [-0.3, -0.25) is 4.79 Å². The molecule has 1 aromatic rings. The van der Waals surface area contributed by atoms with E-state index in [1.54, 1.807) is 0 Å². The lowest BCUT2D eigenvalue weighted by molar-refractivity contribution is 0.112. The van der Waals surface area contributed by atoms with Gasteiger partial charge in [0.15, 0.2) is 0 Å². The number of methoxy groups -OCH3 is 1. The molecule has 0 spiro atoms. The van der Waals surface area contributed by atoms with Crippen LogP contribution in [-0.2, 0) is 0 Å². The van der Waals surface area contributed by atoms with E-state index in [0.717, 1.165) is 0 Å². The van der Waals surface area contributed by atoms with Crippen LogP contribution < -0.4 is 4.74 Å². The minimum atomic E-state index is 0.197. The van der Waals surface area contributed by atoms with Gasteiger partial charge in [0.1, 0.15) is 17.7 Å². The molecule has 4 heteroatoms. The number of benzene rings is 1. The van der Waals surface area contributed by atoms with Crippen molar-refractivity contribution >= 4 is 12.0 Å². The zero-order chi connectivity index (χ0) is 8.97. The molecule has 0 aromatic heterocycles. The van der Waals surface area contributed by atoms with E-state index in [0.29, 0.717) is 17.6 Å². The number of aldehydes is 1. The molecular formula is C8H7NO3. The number of nitrogens with zero attached hydrogens (tertiary/aromatic N) is 1. The van der Waals surface area contributed by atoms with Crippen LogP contribution in [0.4, 0.5) is 5.69 Å². The van der Waals surface area contributed by atoms with E-state index in [9.17, 15) is 9.70 Å². The van der Waals surface area contributed by atoms with Crippen LogP contribution in [0.2, 0.25) is 0 Å². The van der Waals surface area contributed by atoms with Crippen molar-refractivity contribution in [1.82, 2.24) is 0 Å². The monoisotopic (exact) mass is 165 g/mol. The predicted octanol–water partition coefficient (Wildman–Crippen LogP) is 1.91. The summed E-state index contributed by atoms with van der Waals surface area (Å²) in [5.74, 6) is 0.314. The van der Waals surface area contributed by atoms with Crippen LogP contribution in [-0.4, -0.2) is 13.4 Å². The molecule has 0 heterocycles. The molecule has 12 heavy (non-hydrogen) atoms. The maximum absolute atomic E-state index is 10.3. The Bertz CT molecular complexity index is 309. The molecule has 0 amide bonds. The highest BCUT2D eigenvalue weighted by molar-refractivity contribution is 5.77. The zero-order valence-electron chi connectivity index (χ0n) is 6.48. The molecule has 0 aliphatic carbocycles. The summed E-state index contributed by atoms with van der Waals surface area (Å²) >= 11 is 0. The third kappa shape index (κ3) is 1.47. The Morgan fingerprint density at radius 2 is 2.25 bits per heavy atom. The van der Waals surface area contributed by atoms with Crippen molar-refractivity contribution < 1.29 is 9.53 Å². The largest absolute Gasteiger partial charge is 0.494 e. The minimum absolute atomic E-state index is 0.197. The lowest BCUT2D eigenvalue weighted by Crippen LogP contribution is -1.85. The Kier molecular flexibility index (Phi) is 2.53. The van der Waals surface area contributed by atoms with Gasteiger partial charge < -0.3 is 4.74 Å². The molecule has 0 aliphatic rings. The van der Waals surface area contributed by atoms with Crippen LogP contribution in [0.25, 0.3) is 0 Å². The second-order valence-corrected chi connectivity index (χ2v) is 2.14. The predicted molar refractivity (Wildman–Crippen MR) is 43.8 cm³/mol. The van der Waals surface area contributed by atoms with Crippen LogP contribution in [0, 0.1) is 4.91 Å². The second-order valence-electron chi connectivity index (χ2n) is 2.14. The molecule has 0 aliphatic heterocycles. The molecule has 1 aromatic carbocycles. The van der Waals surface area contributed by atoms with E-state index in [4.69, 9.17) is 4.74 Å². The number of ether oxygens (including phenoxy) is 1. The second kappa shape index (κ2) is 3.61. The Morgan fingerprint density at radius 1 is 1.50 bits per heavy atom. The van der Waals surface area contributed by atoms with Gasteiger partial charge in [-0.25, -0.2) is 0 Å². The van der Waals surface area contributed by atoms with Crippen molar-refractivity contribution in [3.8, 4) is 5.75 Å². The number of hydrogen-bond acceptors (Lipinski definition) is 4. The topological polar surface area (TPSA) is 55.7 Å². The summed E-state index contributed by atoms with van der Waals surface area (Å²) in [7, 11) is 1.42. The van der Waals surface area contributed by atoms with Gasteiger partial charge in [0.05, 0.1) is 7.11 Å². The van der Waals surface area contributed by atoms with Crippen molar-refractivity contribution in [3.63, 3.8) is 0 Å². The van der Waals surface area contributed by atoms with Crippen molar-refractivity contribution in [1.29, 1.82) is 0 Å². The molecule has 0 atom stereocenters. The molecule has 0 fully saturated rings. The van der Waals surface area contributed by atoms with Gasteiger partial charge >= 0.3 is 0 Å². The number of carbonyl (C=O) groups excluding carboxylic acids is 1. The first kappa shape index (κ1) is 8.39. The van der Waals surface area contributed by atoms with Gasteiger partial charge in [0.2, 0.25) is 0 Å². The standard InChI is InChI=1S/C8H7NO3/c1-12-8-4-6(5-10)2-3-7(8)9-11/h2-5H,1H3. The number of carbonyl (C=O) groups is 1. The summed E-state index contributed by atoms with van der Waals surface area (Å²) in [6, 6.07) is 4.41. The first-order chi connectivity index (χ1) is 5.81. The third-order valence-electron chi connectivity index (χ3n) is 1.44. The molecule has 0 N–H and O–H groups in total. The summed E-state index contributed by atoms with van der Waals surface area (Å²) in [4.78, 5) is 20.5. The molecule has 0 saturated carbocycles. The molecule has 4 nitrogen and oxygen atoms in total. The maximum atomic E-state index is 10.3. The van der Waals surface area contributed by atoms with Crippen LogP contribution >= 0.6 is 0 Å². The Hall–Kier alpha value is -1.71. The number of rotatable bonds is 3. The highest BCUT2D eigenvalue weighted by Crippen LogP contribution is 2.27. The fourth-order valence-corrected chi connectivity index (χ4v) is 0.843. The average molecular weight is 165 g/mol. The van der Waals surface area contributed by atoms with Gasteiger partial charge in [0.25, 0.3) is 0 Å². The lowest BCUT2D eigenvalue weighted by Gasteiger charge is -2.01. The van der Waals surface area contributed by atoms with E-state index in [1.807, 2.05) is 0 Å². The Morgan fingerprint density at radius 3 is 2.75 bits per heavy atom. The molecule has 0 unspecified atom stereocenters. The summed E-state index contributed by atoms with van der Waals surface area (Å²) < 4.78 is 4.83. The number of nitroso groups, excluding NO2 is 1. The summed E-state index contributed by atoms with van der Waals surface area (Å²) in [5.41, 5.74) is 0.655. The van der Waals surface area contributed by atoms with Crippen molar-refractivity contribution in [2.45, 2.75) is 0 Å². The third-order valence-corrected chi connectivity index (χ3v) is 1.44. The van der Waals surface area contributed by atoms with Crippen molar-refractivity contribution in [3.05, 3.63) is 28.7 Å². The SMILES string of the molecule is COc1cc(C=O)ccc1N=O. The van der Waals surface area contributed by atoms with Gasteiger partial charge in [-0.15, -0.1) is 4.91 Å². The van der Waals surface area contributed by atoms with Crippen LogP contribution in [0.3, 0.4) is 0 Å². The zero-order valence-corrected chi connectivity index (χ0v) is 6.48. The molecular weight excluding hydrogens is 158 g/mol. The van der Waals surface area contributed by atoms with E-state index in [-0.39, 0.29) is 5.69 Å². The quantitative estimate of drug-likeness (QED) is 0.507. The van der Waals surface area contributed by atoms with Crippen LogP contribution in [0.15, 0.2) is 23.4 Å². The van der Waals surface area contributed by atoms with E-state index in [2.05, 4.69) is 5.18 Å². The molecule has 0 radical (unpaired) electrons. The molecule has 0 bridgehead atoms. The highest BCUT2D eigenvalue weighted by atomic mass is 16.5. The number of hydrogen-bond donors (Lipinski definition) is 0. The molecule has 62 valence electrons. The van der Waals surface area contributed by atoms with Crippen LogP contribution in [0.1, 0.15) is 10.4 Å². The molecule has 1 rings (SSSR count). The van der Waals surface area contributed by atoms with E-state index < -0.39 is 0 Å². The Balaban J connectivity index is 3.18. The normalized spacial score (nSPS) is 9.08. The fourth-order valence-electron chi connectivity index (χ4n) is 0.843. The van der Waals surface area contributed by atoms with E-state index >= 15 is 0 Å². The van der Waals surface area contributed by atoms with E-state index in [1.165, 1.54) is 25.3 Å². The summed E-state index contributed by atoms with van der Waals surface area (Å²) in [6.45, 7) is 0. The van der Waals surface area contributed by atoms with Crippen LogP contribution in [0.5, 0.6) is 5.75 Å². The van der Waals surface area contributed by atoms with Gasteiger partial charge in [-0.2, -0.15) is 0 Å². The summed E-state index contributed by atoms with van der Waals surface area (Å²) in [5, 5.41) is 2.73. The summed E-state index contributed by atoms with van der Waals surface area (Å²) in [6.07, 6.45) is 0.678. The first-order valence-corrected chi connectivity index (χ1v) is 3.28. The first-order valence-electron chi connectivity index (χ1n) is 3.28. The lowest BCUT2D eigenvalue weighted by atomic mass is 10.2. The van der Waals surface area contributed by atoms with Gasteiger partial charge in [-0.05, 0) is 23.4 Å².